The zero-order chi connectivity index (χ0) is 15.2. The van der Waals surface area contributed by atoms with Gasteiger partial charge in [0.1, 0.15) is 0 Å². The van der Waals surface area contributed by atoms with E-state index in [0.717, 1.165) is 16.2 Å². The number of nitrogens with zero attached hydrogens (tertiary/aromatic N) is 1. The predicted octanol–water partition coefficient (Wildman–Crippen LogP) is 3.80. The zero-order valence-electron chi connectivity index (χ0n) is 12.0. The Bertz CT molecular complexity index is 644. The van der Waals surface area contributed by atoms with Crippen LogP contribution in [0.2, 0.25) is 0 Å². The Morgan fingerprint density at radius 1 is 1.24 bits per heavy atom. The fourth-order valence-corrected chi connectivity index (χ4v) is 2.77. The summed E-state index contributed by atoms with van der Waals surface area (Å²) < 4.78 is 0. The van der Waals surface area contributed by atoms with Gasteiger partial charge in [-0.3, -0.25) is 0 Å². The Labute approximate surface area is 127 Å². The number of benzene rings is 1. The van der Waals surface area contributed by atoms with Gasteiger partial charge in [-0.25, -0.2) is 4.79 Å². The number of thiophene rings is 1. The standard InChI is InChI=1S/C16H17NO3S/c1-3-12-4-6-13(7-5-12)15-9-8-14(21-15)11(2)17-20-10-16(18)19/h4-9H,3,10H2,1-2H3,(H,18,19)/b17-11-. The summed E-state index contributed by atoms with van der Waals surface area (Å²) >= 11 is 1.61. The van der Waals surface area contributed by atoms with Crippen LogP contribution in [0.4, 0.5) is 0 Å². The van der Waals surface area contributed by atoms with Crippen molar-refractivity contribution in [1.29, 1.82) is 0 Å². The van der Waals surface area contributed by atoms with Crippen LogP contribution in [-0.4, -0.2) is 23.4 Å². The highest BCUT2D eigenvalue weighted by atomic mass is 32.1. The van der Waals surface area contributed by atoms with E-state index in [1.54, 1.807) is 18.3 Å². The van der Waals surface area contributed by atoms with E-state index in [4.69, 9.17) is 9.94 Å². The quantitative estimate of drug-likeness (QED) is 0.652. The molecule has 0 aliphatic rings. The third-order valence-corrected chi connectivity index (χ3v) is 4.24. The molecular weight excluding hydrogens is 286 g/mol. The summed E-state index contributed by atoms with van der Waals surface area (Å²) in [6, 6.07) is 12.5. The van der Waals surface area contributed by atoms with Crippen molar-refractivity contribution in [2.45, 2.75) is 20.3 Å². The molecule has 4 nitrogen and oxygen atoms in total. The van der Waals surface area contributed by atoms with Gasteiger partial charge < -0.3 is 9.94 Å². The van der Waals surface area contributed by atoms with Crippen LogP contribution in [0.15, 0.2) is 41.6 Å². The first-order valence-electron chi connectivity index (χ1n) is 6.68. The summed E-state index contributed by atoms with van der Waals surface area (Å²) in [5.41, 5.74) is 3.16. The van der Waals surface area contributed by atoms with E-state index >= 15 is 0 Å². The second-order valence-corrected chi connectivity index (χ2v) is 5.64. The first kappa shape index (κ1) is 15.3. The fourth-order valence-electron chi connectivity index (χ4n) is 1.82. The molecule has 1 aromatic heterocycles. The molecule has 0 atom stereocenters. The summed E-state index contributed by atoms with van der Waals surface area (Å²) in [5, 5.41) is 12.3. The minimum Gasteiger partial charge on any atom is -0.479 e. The second kappa shape index (κ2) is 7.04. The monoisotopic (exact) mass is 303 g/mol. The second-order valence-electron chi connectivity index (χ2n) is 4.56. The lowest BCUT2D eigenvalue weighted by Crippen LogP contribution is -2.04. The summed E-state index contributed by atoms with van der Waals surface area (Å²) in [4.78, 5) is 17.2. The van der Waals surface area contributed by atoms with Crippen molar-refractivity contribution < 1.29 is 14.7 Å². The van der Waals surface area contributed by atoms with E-state index in [1.165, 1.54) is 11.1 Å². The third kappa shape index (κ3) is 4.16. The molecular formula is C16H17NO3S. The van der Waals surface area contributed by atoms with Crippen LogP contribution in [0.1, 0.15) is 24.3 Å². The van der Waals surface area contributed by atoms with Gasteiger partial charge in [0.05, 0.1) is 10.6 Å². The smallest absolute Gasteiger partial charge is 0.344 e. The Hall–Kier alpha value is -2.14. The molecule has 0 saturated carbocycles. The highest BCUT2D eigenvalue weighted by molar-refractivity contribution is 7.17. The Balaban J connectivity index is 2.11. The van der Waals surface area contributed by atoms with Gasteiger partial charge in [0.15, 0.2) is 0 Å². The summed E-state index contributed by atoms with van der Waals surface area (Å²) in [6.45, 7) is 3.51. The highest BCUT2D eigenvalue weighted by Crippen LogP contribution is 2.28. The number of hydrogen-bond donors (Lipinski definition) is 1. The molecule has 21 heavy (non-hydrogen) atoms. The molecule has 1 heterocycles. The fraction of sp³-hybridized carbons (Fsp3) is 0.250. The molecule has 0 bridgehead atoms. The predicted molar refractivity (Wildman–Crippen MR) is 84.9 cm³/mol. The summed E-state index contributed by atoms with van der Waals surface area (Å²) in [5.74, 6) is -1.03. The average Bonchev–Trinajstić information content (AvgIpc) is 2.97. The molecule has 5 heteroatoms. The molecule has 0 aliphatic heterocycles. The van der Waals surface area contributed by atoms with Crippen LogP contribution in [-0.2, 0) is 16.1 Å². The van der Waals surface area contributed by atoms with Crippen LogP contribution in [0, 0.1) is 0 Å². The number of carboxylic acid groups (broad SMARTS) is 1. The largest absolute Gasteiger partial charge is 0.479 e. The van der Waals surface area contributed by atoms with Gasteiger partial charge in [-0.1, -0.05) is 36.3 Å². The maximum atomic E-state index is 10.4. The maximum absolute atomic E-state index is 10.4. The van der Waals surface area contributed by atoms with E-state index in [9.17, 15) is 4.79 Å². The van der Waals surface area contributed by atoms with Gasteiger partial charge in [-0.05, 0) is 36.6 Å². The number of aryl methyl sites for hydroxylation is 1. The van der Waals surface area contributed by atoms with Gasteiger partial charge in [0.2, 0.25) is 6.61 Å². The van der Waals surface area contributed by atoms with Gasteiger partial charge in [-0.15, -0.1) is 11.3 Å². The molecule has 0 spiro atoms. The number of carbonyl (C=O) groups is 1. The number of hydrogen-bond acceptors (Lipinski definition) is 4. The van der Waals surface area contributed by atoms with Crippen molar-refractivity contribution in [3.8, 4) is 10.4 Å². The molecule has 0 fully saturated rings. The Morgan fingerprint density at radius 3 is 2.57 bits per heavy atom. The minimum atomic E-state index is -1.03. The summed E-state index contributed by atoms with van der Waals surface area (Å²) in [7, 11) is 0. The average molecular weight is 303 g/mol. The minimum absolute atomic E-state index is 0.423. The van der Waals surface area contributed by atoms with Crippen molar-refractivity contribution in [2.75, 3.05) is 6.61 Å². The number of rotatable bonds is 6. The third-order valence-electron chi connectivity index (χ3n) is 3.00. The van der Waals surface area contributed by atoms with Crippen molar-refractivity contribution in [1.82, 2.24) is 0 Å². The van der Waals surface area contributed by atoms with E-state index in [-0.39, 0.29) is 0 Å². The molecule has 0 aliphatic carbocycles. The van der Waals surface area contributed by atoms with Gasteiger partial charge in [-0.2, -0.15) is 0 Å². The topological polar surface area (TPSA) is 58.9 Å². The highest BCUT2D eigenvalue weighted by Gasteiger charge is 2.06. The number of carboxylic acids is 1. The first-order chi connectivity index (χ1) is 10.1. The molecule has 0 radical (unpaired) electrons. The van der Waals surface area contributed by atoms with Gasteiger partial charge in [0, 0.05) is 4.88 Å². The maximum Gasteiger partial charge on any atom is 0.344 e. The molecule has 0 unspecified atom stereocenters. The van der Waals surface area contributed by atoms with Crippen LogP contribution in [0.5, 0.6) is 0 Å². The SMILES string of the molecule is CCc1ccc(-c2ccc(/C(C)=N\OCC(=O)O)s2)cc1. The van der Waals surface area contributed by atoms with E-state index < -0.39 is 12.6 Å². The Kier molecular flexibility index (Phi) is 5.11. The van der Waals surface area contributed by atoms with Crippen LogP contribution in [0.25, 0.3) is 10.4 Å². The van der Waals surface area contributed by atoms with Crippen LogP contribution < -0.4 is 0 Å². The molecule has 2 rings (SSSR count). The van der Waals surface area contributed by atoms with Crippen molar-refractivity contribution in [3.05, 3.63) is 46.8 Å². The molecule has 0 saturated heterocycles. The van der Waals surface area contributed by atoms with Crippen LogP contribution in [0.3, 0.4) is 0 Å². The van der Waals surface area contributed by atoms with Gasteiger partial charge in [0.25, 0.3) is 0 Å². The molecule has 1 aromatic carbocycles. The summed E-state index contributed by atoms with van der Waals surface area (Å²) in [6.07, 6.45) is 1.03. The molecule has 2 aromatic rings. The van der Waals surface area contributed by atoms with Gasteiger partial charge >= 0.3 is 5.97 Å². The lowest BCUT2D eigenvalue weighted by molar-refractivity contribution is -0.142. The van der Waals surface area contributed by atoms with Crippen molar-refractivity contribution in [3.63, 3.8) is 0 Å². The lowest BCUT2D eigenvalue weighted by atomic mass is 10.1. The number of oxime groups is 1. The molecule has 0 amide bonds. The lowest BCUT2D eigenvalue weighted by Gasteiger charge is -2.00. The molecule has 110 valence electrons. The van der Waals surface area contributed by atoms with E-state index in [0.29, 0.717) is 5.71 Å². The first-order valence-corrected chi connectivity index (χ1v) is 7.49. The number of aliphatic carboxylic acids is 1. The van der Waals surface area contributed by atoms with Crippen LogP contribution >= 0.6 is 11.3 Å². The normalized spacial score (nSPS) is 11.4. The van der Waals surface area contributed by atoms with Crippen molar-refractivity contribution >= 4 is 23.0 Å². The van der Waals surface area contributed by atoms with E-state index in [1.807, 2.05) is 12.1 Å². The zero-order valence-corrected chi connectivity index (χ0v) is 12.8. The molecule has 1 N–H and O–H groups in total. The Morgan fingerprint density at radius 2 is 1.95 bits per heavy atom. The van der Waals surface area contributed by atoms with Crippen molar-refractivity contribution in [2.24, 2.45) is 5.16 Å². The van der Waals surface area contributed by atoms with E-state index in [2.05, 4.69) is 36.3 Å².